The third-order valence-electron chi connectivity index (χ3n) is 10.9. The number of esters is 2. The van der Waals surface area contributed by atoms with Crippen molar-refractivity contribution in [3.63, 3.8) is 0 Å². The van der Waals surface area contributed by atoms with E-state index < -0.39 is 95.6 Å². The van der Waals surface area contributed by atoms with E-state index >= 15 is 0 Å². The van der Waals surface area contributed by atoms with E-state index in [0.29, 0.717) is 0 Å². The van der Waals surface area contributed by atoms with Gasteiger partial charge in [0.05, 0.1) is 36.0 Å². The van der Waals surface area contributed by atoms with Gasteiger partial charge in [-0.1, -0.05) is 49.9 Å². The highest BCUT2D eigenvalue weighted by Gasteiger charge is 2.84. The average Bonchev–Trinajstić information content (AvgIpc) is 3.72. The molecule has 1 heterocycles. The van der Waals surface area contributed by atoms with E-state index in [-0.39, 0.29) is 29.5 Å². The largest absolute Gasteiger partial charge is 0.462 e. The van der Waals surface area contributed by atoms with Crippen molar-refractivity contribution in [2.75, 3.05) is 13.2 Å². The summed E-state index contributed by atoms with van der Waals surface area (Å²) in [5.41, 5.74) is -7.74. The van der Waals surface area contributed by atoms with Gasteiger partial charge in [0, 0.05) is 17.8 Å². The molecule has 3 saturated carbocycles. The summed E-state index contributed by atoms with van der Waals surface area (Å²) in [7, 11) is 0. The van der Waals surface area contributed by atoms with Crippen LogP contribution in [0.3, 0.4) is 0 Å². The number of fused-ring (bicyclic) bond motifs is 5. The Labute approximate surface area is 260 Å². The molecule has 6 N–H and O–H groups in total. The predicted octanol–water partition coefficient (Wildman–Crippen LogP) is 0.996. The van der Waals surface area contributed by atoms with Crippen LogP contribution in [0.1, 0.15) is 47.4 Å². The highest BCUT2D eigenvalue weighted by molar-refractivity contribution is 5.90. The Balaban J connectivity index is 1.45. The fourth-order valence-corrected chi connectivity index (χ4v) is 8.48. The zero-order valence-corrected chi connectivity index (χ0v) is 25.2. The topological polar surface area (TPSA) is 187 Å². The van der Waals surface area contributed by atoms with Gasteiger partial charge in [0.15, 0.2) is 0 Å². The summed E-state index contributed by atoms with van der Waals surface area (Å²) >= 11 is 0. The Kier molecular flexibility index (Phi) is 7.76. The Morgan fingerprint density at radius 1 is 0.956 bits per heavy atom. The van der Waals surface area contributed by atoms with Gasteiger partial charge in [-0.3, -0.25) is 0 Å². The number of rotatable bonds is 7. The second-order valence-corrected chi connectivity index (χ2v) is 13.3. The highest BCUT2D eigenvalue weighted by atomic mass is 16.6. The molecule has 6 rings (SSSR count). The lowest BCUT2D eigenvalue weighted by Gasteiger charge is -2.57. The summed E-state index contributed by atoms with van der Waals surface area (Å²) in [6, 6.07) is 16.3. The SMILES string of the molecule is C=C(C)C1(O)C[C@@H](COC(=O)c2ccccc2)C2(O)C(C1O)C1O[C@]1(CO)C(O)C1(O)C(OC(=O)c3ccccc3)[C@@H](C)CC12. The first-order valence-corrected chi connectivity index (χ1v) is 15.2. The Morgan fingerprint density at radius 2 is 1.53 bits per heavy atom. The van der Waals surface area contributed by atoms with Gasteiger partial charge in [-0.15, -0.1) is 0 Å². The molecule has 1 saturated heterocycles. The smallest absolute Gasteiger partial charge is 0.338 e. The Hall–Kier alpha value is -3.16. The second-order valence-electron chi connectivity index (χ2n) is 13.3. The minimum absolute atomic E-state index is 0.0167. The summed E-state index contributed by atoms with van der Waals surface area (Å²) in [5, 5.41) is 71.7. The molecule has 0 spiro atoms. The monoisotopic (exact) mass is 624 g/mol. The fourth-order valence-electron chi connectivity index (χ4n) is 8.48. The van der Waals surface area contributed by atoms with Gasteiger partial charge in [0.1, 0.15) is 35.1 Å². The van der Waals surface area contributed by atoms with Gasteiger partial charge in [0.2, 0.25) is 0 Å². The Morgan fingerprint density at radius 3 is 2.09 bits per heavy atom. The maximum Gasteiger partial charge on any atom is 0.338 e. The fraction of sp³-hybridized carbons (Fsp3) is 0.529. The maximum absolute atomic E-state index is 13.2. The van der Waals surface area contributed by atoms with Crippen LogP contribution in [0, 0.1) is 23.7 Å². The molecule has 1 aliphatic heterocycles. The zero-order valence-electron chi connectivity index (χ0n) is 25.2. The quantitative estimate of drug-likeness (QED) is 0.147. The van der Waals surface area contributed by atoms with E-state index in [2.05, 4.69) is 6.58 Å². The molecule has 12 atom stereocenters. The first-order valence-electron chi connectivity index (χ1n) is 15.2. The molecule has 2 aromatic rings. The van der Waals surface area contributed by atoms with Crippen molar-refractivity contribution >= 4 is 11.9 Å². The molecule has 9 unspecified atom stereocenters. The molecule has 0 amide bonds. The van der Waals surface area contributed by atoms with Crippen molar-refractivity contribution < 1.29 is 54.4 Å². The van der Waals surface area contributed by atoms with Gasteiger partial charge in [0.25, 0.3) is 0 Å². The number of ether oxygens (including phenoxy) is 3. The first-order chi connectivity index (χ1) is 21.3. The molecule has 11 heteroatoms. The Bertz CT molecular complexity index is 1470. The van der Waals surface area contributed by atoms with E-state index in [1.54, 1.807) is 67.6 Å². The number of carbonyl (C=O) groups excluding carboxylic acids is 2. The van der Waals surface area contributed by atoms with E-state index in [9.17, 15) is 40.2 Å². The molecular formula is C34H40O11. The van der Waals surface area contributed by atoms with Crippen LogP contribution in [0.5, 0.6) is 0 Å². The summed E-state index contributed by atoms with van der Waals surface area (Å²) in [4.78, 5) is 26.3. The molecule has 4 aliphatic rings. The summed E-state index contributed by atoms with van der Waals surface area (Å²) in [6.07, 6.45) is -6.49. The van der Waals surface area contributed by atoms with Gasteiger partial charge < -0.3 is 44.8 Å². The van der Waals surface area contributed by atoms with Crippen molar-refractivity contribution in [2.45, 2.75) is 73.5 Å². The number of epoxide rings is 1. The van der Waals surface area contributed by atoms with Crippen LogP contribution < -0.4 is 0 Å². The summed E-state index contributed by atoms with van der Waals surface area (Å²) in [5.74, 6) is -5.86. The van der Waals surface area contributed by atoms with Gasteiger partial charge in [-0.2, -0.15) is 0 Å². The molecule has 2 aromatic carbocycles. The lowest BCUT2D eigenvalue weighted by atomic mass is 9.54. The van der Waals surface area contributed by atoms with Gasteiger partial charge >= 0.3 is 11.9 Å². The van der Waals surface area contributed by atoms with Crippen molar-refractivity contribution in [2.24, 2.45) is 23.7 Å². The molecule has 3 aliphatic carbocycles. The molecule has 242 valence electrons. The van der Waals surface area contributed by atoms with Crippen LogP contribution in [-0.2, 0) is 14.2 Å². The van der Waals surface area contributed by atoms with Crippen LogP contribution in [0.15, 0.2) is 72.8 Å². The van der Waals surface area contributed by atoms with E-state index in [0.717, 1.165) is 0 Å². The van der Waals surface area contributed by atoms with Crippen molar-refractivity contribution in [3.8, 4) is 0 Å². The van der Waals surface area contributed by atoms with Crippen LogP contribution in [0.25, 0.3) is 0 Å². The summed E-state index contributed by atoms with van der Waals surface area (Å²) < 4.78 is 17.5. The van der Waals surface area contributed by atoms with E-state index in [1.807, 2.05) is 0 Å². The first kappa shape index (κ1) is 31.8. The maximum atomic E-state index is 13.2. The molecule has 4 fully saturated rings. The third kappa shape index (κ3) is 4.51. The number of aliphatic hydroxyl groups is 6. The molecule has 0 bridgehead atoms. The minimum Gasteiger partial charge on any atom is -0.462 e. The standard InChI is InChI=1S/C34H40O11/c1-18(2)31(40)15-22(16-43-28(37)20-10-6-4-7-11-20)33(41)23-14-19(3)26(44-29(38)21-12-8-5-9-13-21)34(23,42)30(39)32(17-35)27(45-32)24(33)25(31)36/h4-13,19,22-27,30,35-36,39-42H,1,14-17H2,2-3H3/t19-,22-,23?,24?,25?,26?,27?,30?,31?,32-,33?,34?/m0/s1. The van der Waals surface area contributed by atoms with E-state index in [4.69, 9.17) is 14.2 Å². The number of aliphatic hydroxyl groups excluding tert-OH is 3. The normalized spacial score (nSPS) is 43.2. The third-order valence-corrected chi connectivity index (χ3v) is 10.9. The van der Waals surface area contributed by atoms with E-state index in [1.165, 1.54) is 6.92 Å². The lowest BCUT2D eigenvalue weighted by Crippen LogP contribution is -2.72. The van der Waals surface area contributed by atoms with Crippen molar-refractivity contribution in [1.29, 1.82) is 0 Å². The van der Waals surface area contributed by atoms with Crippen LogP contribution in [0.4, 0.5) is 0 Å². The van der Waals surface area contributed by atoms with Crippen molar-refractivity contribution in [3.05, 3.63) is 83.9 Å². The molecule has 45 heavy (non-hydrogen) atoms. The van der Waals surface area contributed by atoms with Crippen LogP contribution in [-0.4, -0.2) is 103 Å². The van der Waals surface area contributed by atoms with Gasteiger partial charge in [-0.25, -0.2) is 9.59 Å². The number of hydrogen-bond acceptors (Lipinski definition) is 11. The molecule has 11 nitrogen and oxygen atoms in total. The number of hydrogen-bond donors (Lipinski definition) is 6. The highest BCUT2D eigenvalue weighted by Crippen LogP contribution is 2.67. The van der Waals surface area contributed by atoms with Crippen molar-refractivity contribution in [1.82, 2.24) is 0 Å². The number of carbonyl (C=O) groups is 2. The predicted molar refractivity (Wildman–Crippen MR) is 158 cm³/mol. The molecular weight excluding hydrogens is 584 g/mol. The number of benzene rings is 2. The minimum atomic E-state index is -2.38. The van der Waals surface area contributed by atoms with Crippen LogP contribution >= 0.6 is 0 Å². The molecule has 0 aromatic heterocycles. The van der Waals surface area contributed by atoms with Gasteiger partial charge in [-0.05, 0) is 55.5 Å². The second kappa shape index (κ2) is 11.0. The molecule has 0 radical (unpaired) electrons. The zero-order chi connectivity index (χ0) is 32.5. The summed E-state index contributed by atoms with van der Waals surface area (Å²) in [6.45, 7) is 5.85. The van der Waals surface area contributed by atoms with Crippen LogP contribution in [0.2, 0.25) is 0 Å². The average molecular weight is 625 g/mol. The lowest BCUT2D eigenvalue weighted by molar-refractivity contribution is -0.273.